The van der Waals surface area contributed by atoms with Crippen LogP contribution in [-0.4, -0.2) is 52.9 Å². The number of amides is 1. The third kappa shape index (κ3) is 5.06. The van der Waals surface area contributed by atoms with Gasteiger partial charge in [0.15, 0.2) is 5.78 Å². The maximum atomic E-state index is 13.5. The molecule has 1 saturated heterocycles. The zero-order valence-corrected chi connectivity index (χ0v) is 19.7. The largest absolute Gasteiger partial charge is 0.466 e. The Morgan fingerprint density at radius 1 is 1.21 bits per heavy atom. The lowest BCUT2D eigenvalue weighted by molar-refractivity contribution is -0.144. The van der Waals surface area contributed by atoms with Crippen molar-refractivity contribution in [2.45, 2.75) is 64.6 Å². The number of nitrogens with zero attached hydrogens (tertiary/aromatic N) is 2. The third-order valence-electron chi connectivity index (χ3n) is 6.70. The number of rotatable bonds is 8. The van der Waals surface area contributed by atoms with Gasteiger partial charge in [-0.15, -0.1) is 0 Å². The van der Waals surface area contributed by atoms with Gasteiger partial charge in [0.1, 0.15) is 5.82 Å². The summed E-state index contributed by atoms with van der Waals surface area (Å²) in [6.07, 6.45) is 1.99. The van der Waals surface area contributed by atoms with E-state index in [2.05, 4.69) is 0 Å². The van der Waals surface area contributed by atoms with Crippen molar-refractivity contribution in [1.82, 2.24) is 9.47 Å². The number of aromatic nitrogens is 1. The van der Waals surface area contributed by atoms with Crippen molar-refractivity contribution in [3.8, 4) is 0 Å². The molecule has 0 radical (unpaired) electrons. The van der Waals surface area contributed by atoms with E-state index in [4.69, 9.17) is 9.47 Å². The topological polar surface area (TPSA) is 77.8 Å². The SMILES string of the molecule is CCOC(=O)C[C@H]1CCCN1C(=O)c1cc(C(=O)C[C@H](C)c2ccc(F)cc2)n2c1COCC2. The molecule has 1 aromatic carbocycles. The van der Waals surface area contributed by atoms with Gasteiger partial charge in [-0.2, -0.15) is 0 Å². The molecule has 2 aromatic rings. The Balaban J connectivity index is 1.55. The van der Waals surface area contributed by atoms with Gasteiger partial charge in [-0.1, -0.05) is 19.1 Å². The molecule has 8 heteroatoms. The van der Waals surface area contributed by atoms with Crippen LogP contribution in [0.1, 0.15) is 77.6 Å². The molecule has 34 heavy (non-hydrogen) atoms. The molecule has 4 rings (SSSR count). The Morgan fingerprint density at radius 3 is 2.71 bits per heavy atom. The summed E-state index contributed by atoms with van der Waals surface area (Å²) in [6, 6.07) is 7.66. The van der Waals surface area contributed by atoms with Gasteiger partial charge < -0.3 is 18.9 Å². The zero-order chi connectivity index (χ0) is 24.2. The molecular formula is C26H31FN2O5. The van der Waals surface area contributed by atoms with Crippen LogP contribution in [0.2, 0.25) is 0 Å². The Morgan fingerprint density at radius 2 is 1.97 bits per heavy atom. The van der Waals surface area contributed by atoms with Gasteiger partial charge in [0.25, 0.3) is 5.91 Å². The smallest absolute Gasteiger partial charge is 0.307 e. The van der Waals surface area contributed by atoms with Gasteiger partial charge in [0, 0.05) is 25.6 Å². The first-order chi connectivity index (χ1) is 16.4. The lowest BCUT2D eigenvalue weighted by Gasteiger charge is -2.25. The maximum absolute atomic E-state index is 13.5. The number of Topliss-reactive ketones (excluding diaryl/α,β-unsaturated/α-hetero) is 1. The van der Waals surface area contributed by atoms with Crippen LogP contribution in [0.15, 0.2) is 30.3 Å². The Bertz CT molecular complexity index is 1060. The minimum absolute atomic E-state index is 0.0662. The van der Waals surface area contributed by atoms with E-state index in [1.807, 2.05) is 11.5 Å². The fourth-order valence-corrected chi connectivity index (χ4v) is 4.91. The Kier molecular flexibility index (Phi) is 7.46. The molecule has 7 nitrogen and oxygen atoms in total. The first-order valence-corrected chi connectivity index (χ1v) is 11.9. The third-order valence-corrected chi connectivity index (χ3v) is 6.70. The molecule has 0 unspecified atom stereocenters. The highest BCUT2D eigenvalue weighted by molar-refractivity contribution is 6.02. The molecule has 2 atom stereocenters. The summed E-state index contributed by atoms with van der Waals surface area (Å²) in [5, 5.41) is 0. The highest BCUT2D eigenvalue weighted by Gasteiger charge is 2.35. The molecule has 1 amide bonds. The van der Waals surface area contributed by atoms with Crippen LogP contribution in [0.4, 0.5) is 4.39 Å². The van der Waals surface area contributed by atoms with Crippen LogP contribution in [0.3, 0.4) is 0 Å². The quantitative estimate of drug-likeness (QED) is 0.429. The number of carbonyl (C=O) groups excluding carboxylic acids is 3. The van der Waals surface area contributed by atoms with Gasteiger partial charge in [-0.25, -0.2) is 4.39 Å². The number of benzene rings is 1. The van der Waals surface area contributed by atoms with Crippen molar-refractivity contribution in [3.05, 3.63) is 58.7 Å². The van der Waals surface area contributed by atoms with Crippen molar-refractivity contribution in [2.24, 2.45) is 0 Å². The van der Waals surface area contributed by atoms with Crippen molar-refractivity contribution >= 4 is 17.7 Å². The number of ether oxygens (including phenoxy) is 2. The van der Waals surface area contributed by atoms with Crippen LogP contribution in [0.25, 0.3) is 0 Å². The summed E-state index contributed by atoms with van der Waals surface area (Å²) in [6.45, 7) is 5.81. The van der Waals surface area contributed by atoms with Crippen molar-refractivity contribution in [1.29, 1.82) is 0 Å². The summed E-state index contributed by atoms with van der Waals surface area (Å²) in [7, 11) is 0. The number of hydrogen-bond donors (Lipinski definition) is 0. The Labute approximate surface area is 198 Å². The van der Waals surface area contributed by atoms with Gasteiger partial charge in [-0.05, 0) is 49.4 Å². The van der Waals surface area contributed by atoms with Gasteiger partial charge in [-0.3, -0.25) is 14.4 Å². The second-order valence-electron chi connectivity index (χ2n) is 8.98. The van der Waals surface area contributed by atoms with Gasteiger partial charge in [0.2, 0.25) is 0 Å². The normalized spacial score (nSPS) is 18.4. The molecule has 1 aromatic heterocycles. The Hall–Kier alpha value is -3.00. The minimum atomic E-state index is -0.311. The number of fused-ring (bicyclic) bond motifs is 1. The molecule has 0 bridgehead atoms. The molecule has 0 aliphatic carbocycles. The van der Waals surface area contributed by atoms with Gasteiger partial charge in [0.05, 0.1) is 43.2 Å². The highest BCUT2D eigenvalue weighted by Crippen LogP contribution is 2.29. The molecule has 2 aliphatic rings. The summed E-state index contributed by atoms with van der Waals surface area (Å²) >= 11 is 0. The van der Waals surface area contributed by atoms with E-state index in [0.29, 0.717) is 43.3 Å². The van der Waals surface area contributed by atoms with Gasteiger partial charge >= 0.3 is 5.97 Å². The molecule has 0 spiro atoms. The minimum Gasteiger partial charge on any atom is -0.466 e. The number of hydrogen-bond acceptors (Lipinski definition) is 5. The summed E-state index contributed by atoms with van der Waals surface area (Å²) < 4.78 is 25.9. The van der Waals surface area contributed by atoms with E-state index in [9.17, 15) is 18.8 Å². The summed E-state index contributed by atoms with van der Waals surface area (Å²) in [5.41, 5.74) is 2.56. The van der Waals surface area contributed by atoms with E-state index in [1.54, 1.807) is 30.0 Å². The van der Waals surface area contributed by atoms with Crippen LogP contribution in [0.5, 0.6) is 0 Å². The predicted octanol–water partition coefficient (Wildman–Crippen LogP) is 4.09. The maximum Gasteiger partial charge on any atom is 0.307 e. The fourth-order valence-electron chi connectivity index (χ4n) is 4.91. The average molecular weight is 471 g/mol. The van der Waals surface area contributed by atoms with Crippen molar-refractivity contribution < 1.29 is 28.2 Å². The van der Waals surface area contributed by atoms with Crippen LogP contribution in [0, 0.1) is 5.82 Å². The van der Waals surface area contributed by atoms with E-state index >= 15 is 0 Å². The molecule has 182 valence electrons. The summed E-state index contributed by atoms with van der Waals surface area (Å²) in [4.78, 5) is 40.6. The number of esters is 1. The number of ketones is 1. The molecule has 3 heterocycles. The molecule has 1 fully saturated rings. The van der Waals surface area contributed by atoms with Crippen LogP contribution < -0.4 is 0 Å². The molecule has 0 N–H and O–H groups in total. The van der Waals surface area contributed by atoms with E-state index < -0.39 is 0 Å². The first-order valence-electron chi connectivity index (χ1n) is 11.9. The predicted molar refractivity (Wildman–Crippen MR) is 123 cm³/mol. The number of likely N-dealkylation sites (tertiary alicyclic amines) is 1. The standard InChI is InChI=1S/C26H31FN2O5/c1-3-34-25(31)14-20-5-4-10-28(20)26(32)21-15-22(29-11-12-33-16-23(21)29)24(30)13-17(2)18-6-8-19(27)9-7-18/h6-9,15,17,20H,3-5,10-14,16H2,1-2H3/t17-,20+/m0/s1. The highest BCUT2D eigenvalue weighted by atomic mass is 19.1. The lowest BCUT2D eigenvalue weighted by Crippen LogP contribution is -2.37. The molecule has 2 aliphatic heterocycles. The monoisotopic (exact) mass is 470 g/mol. The van der Waals surface area contributed by atoms with E-state index in [0.717, 1.165) is 18.4 Å². The molecular weight excluding hydrogens is 439 g/mol. The van der Waals surface area contributed by atoms with E-state index in [-0.39, 0.29) is 54.9 Å². The lowest BCUT2D eigenvalue weighted by atomic mass is 9.94. The average Bonchev–Trinajstić information content (AvgIpc) is 3.44. The fraction of sp³-hybridized carbons (Fsp3) is 0.500. The first kappa shape index (κ1) is 24.1. The van der Waals surface area contributed by atoms with Crippen LogP contribution >= 0.6 is 0 Å². The van der Waals surface area contributed by atoms with Crippen molar-refractivity contribution in [2.75, 3.05) is 19.8 Å². The second-order valence-corrected chi connectivity index (χ2v) is 8.98. The van der Waals surface area contributed by atoms with Crippen molar-refractivity contribution in [3.63, 3.8) is 0 Å². The number of carbonyl (C=O) groups is 3. The van der Waals surface area contributed by atoms with E-state index in [1.165, 1.54) is 12.1 Å². The number of halogens is 1. The zero-order valence-electron chi connectivity index (χ0n) is 19.7. The second kappa shape index (κ2) is 10.5. The summed E-state index contributed by atoms with van der Waals surface area (Å²) in [5.74, 6) is -0.949. The van der Waals surface area contributed by atoms with Crippen LogP contribution in [-0.2, 0) is 27.4 Å². The molecule has 0 saturated carbocycles.